The van der Waals surface area contributed by atoms with Crippen LogP contribution < -0.4 is 10.9 Å². The van der Waals surface area contributed by atoms with E-state index in [1.165, 1.54) is 12.3 Å². The minimum Gasteiger partial charge on any atom is -0.443 e. The Morgan fingerprint density at radius 3 is 2.63 bits per heavy atom. The molecule has 5 aromatic rings. The van der Waals surface area contributed by atoms with Gasteiger partial charge in [0.25, 0.3) is 11.5 Å². The van der Waals surface area contributed by atoms with Crippen molar-refractivity contribution in [2.45, 2.75) is 50.8 Å². The van der Waals surface area contributed by atoms with E-state index in [0.29, 0.717) is 44.6 Å². The van der Waals surface area contributed by atoms with E-state index in [1.54, 1.807) is 54.0 Å². The fourth-order valence-corrected chi connectivity index (χ4v) is 5.95. The molecule has 3 heterocycles. The number of carbonyl (C=O) groups excluding carboxylic acids is 2. The molecule has 0 bridgehead atoms. The Morgan fingerprint density at radius 2 is 1.85 bits per heavy atom. The predicted molar refractivity (Wildman–Crippen MR) is 154 cm³/mol. The zero-order chi connectivity index (χ0) is 28.5. The normalized spacial score (nSPS) is 17.8. The number of nitrogens with one attached hydrogen (secondary N) is 1. The third-order valence-corrected chi connectivity index (χ3v) is 7.90. The molecular weight excluding hydrogens is 544 g/mol. The third kappa shape index (κ3) is 5.09. The average Bonchev–Trinajstić information content (AvgIpc) is 3.38. The number of pyridine rings is 2. The number of carbonyl (C=O) groups is 2. The maximum atomic E-state index is 13.8. The fraction of sp³-hybridized carbons (Fsp3) is 0.258. The van der Waals surface area contributed by atoms with Gasteiger partial charge in [0.05, 0.1) is 10.5 Å². The van der Waals surface area contributed by atoms with E-state index >= 15 is 0 Å². The van der Waals surface area contributed by atoms with Crippen LogP contribution in [0.3, 0.4) is 0 Å². The molecule has 0 unspecified atom stereocenters. The van der Waals surface area contributed by atoms with Crippen LogP contribution in [0.25, 0.3) is 21.8 Å². The molecule has 2 aromatic carbocycles. The second-order valence-corrected chi connectivity index (χ2v) is 10.6. The van der Waals surface area contributed by atoms with Gasteiger partial charge in [0.15, 0.2) is 0 Å². The monoisotopic (exact) mass is 570 g/mol. The highest BCUT2D eigenvalue weighted by atomic mass is 35.5. The summed E-state index contributed by atoms with van der Waals surface area (Å²) in [5.74, 6) is -0.693. The van der Waals surface area contributed by atoms with Crippen molar-refractivity contribution in [2.75, 3.05) is 0 Å². The summed E-state index contributed by atoms with van der Waals surface area (Å²) in [6, 6.07) is 18.8. The van der Waals surface area contributed by atoms with Gasteiger partial charge in [-0.1, -0.05) is 59.2 Å². The molecule has 1 fully saturated rings. The number of rotatable bonds is 6. The van der Waals surface area contributed by atoms with Gasteiger partial charge < -0.3 is 19.1 Å². The van der Waals surface area contributed by atoms with Crippen molar-refractivity contribution in [1.82, 2.24) is 20.0 Å². The number of esters is 1. The van der Waals surface area contributed by atoms with Crippen molar-refractivity contribution in [3.8, 4) is 0 Å². The summed E-state index contributed by atoms with van der Waals surface area (Å²) < 4.78 is 12.8. The lowest BCUT2D eigenvalue weighted by atomic mass is 9.89. The summed E-state index contributed by atoms with van der Waals surface area (Å²) in [7, 11) is 0. The highest BCUT2D eigenvalue weighted by molar-refractivity contribution is 6.37. The van der Waals surface area contributed by atoms with Crippen molar-refractivity contribution in [1.29, 1.82) is 0 Å². The first kappa shape index (κ1) is 26.7. The summed E-state index contributed by atoms with van der Waals surface area (Å²) in [5.41, 5.74) is 1.59. The minimum absolute atomic E-state index is 0.114. The van der Waals surface area contributed by atoms with Crippen molar-refractivity contribution < 1.29 is 18.8 Å². The van der Waals surface area contributed by atoms with E-state index in [9.17, 15) is 14.4 Å². The lowest BCUT2D eigenvalue weighted by Crippen LogP contribution is -2.43. The number of fused-ring (bicyclic) bond motifs is 3. The Morgan fingerprint density at radius 1 is 1.05 bits per heavy atom. The van der Waals surface area contributed by atoms with Crippen molar-refractivity contribution in [3.05, 3.63) is 105 Å². The Balaban J connectivity index is 1.29. The van der Waals surface area contributed by atoms with E-state index in [4.69, 9.17) is 20.9 Å². The number of aromatic nitrogens is 3. The SMILES string of the molecule is Cc1onc2c1c(=O)n([C@H]1CCC[C@H](NC(=O)[C@@H](OC(=O)c3ccccn3)c3ccccc3)C1)c1cccc(Cl)c21. The van der Waals surface area contributed by atoms with Crippen LogP contribution >= 0.6 is 11.6 Å². The average molecular weight is 571 g/mol. The van der Waals surface area contributed by atoms with Gasteiger partial charge >= 0.3 is 5.97 Å². The van der Waals surface area contributed by atoms with Crippen LogP contribution in [0.4, 0.5) is 0 Å². The van der Waals surface area contributed by atoms with Crippen LogP contribution in [0.15, 0.2) is 82.2 Å². The number of hydrogen-bond acceptors (Lipinski definition) is 7. The first-order chi connectivity index (χ1) is 19.9. The van der Waals surface area contributed by atoms with E-state index in [0.717, 1.165) is 19.3 Å². The van der Waals surface area contributed by atoms with Crippen LogP contribution in [0.1, 0.15) is 59.6 Å². The molecule has 1 N–H and O–H groups in total. The van der Waals surface area contributed by atoms with Crippen LogP contribution in [-0.2, 0) is 9.53 Å². The molecule has 9 nitrogen and oxygen atoms in total. The molecule has 0 spiro atoms. The molecule has 6 rings (SSSR count). The second-order valence-electron chi connectivity index (χ2n) is 10.2. The van der Waals surface area contributed by atoms with Crippen molar-refractivity contribution >= 4 is 45.3 Å². The van der Waals surface area contributed by atoms with Crippen LogP contribution in [-0.4, -0.2) is 32.6 Å². The molecule has 1 saturated carbocycles. The first-order valence-electron chi connectivity index (χ1n) is 13.5. The van der Waals surface area contributed by atoms with Gasteiger partial charge in [-0.25, -0.2) is 9.78 Å². The number of nitrogens with zero attached hydrogens (tertiary/aromatic N) is 3. The number of aryl methyl sites for hydroxylation is 1. The molecule has 3 atom stereocenters. The molecule has 1 amide bonds. The van der Waals surface area contributed by atoms with E-state index < -0.39 is 18.0 Å². The number of halogens is 1. The van der Waals surface area contributed by atoms with Crippen LogP contribution in [0, 0.1) is 6.92 Å². The van der Waals surface area contributed by atoms with Gasteiger partial charge in [-0.2, -0.15) is 0 Å². The topological polar surface area (TPSA) is 116 Å². The highest BCUT2D eigenvalue weighted by Gasteiger charge is 2.32. The van der Waals surface area contributed by atoms with Crippen molar-refractivity contribution in [3.63, 3.8) is 0 Å². The van der Waals surface area contributed by atoms with E-state index in [-0.39, 0.29) is 23.3 Å². The fourth-order valence-electron chi connectivity index (χ4n) is 5.69. The Kier molecular flexibility index (Phi) is 7.28. The summed E-state index contributed by atoms with van der Waals surface area (Å²) in [4.78, 5) is 44.3. The van der Waals surface area contributed by atoms with Gasteiger partial charge in [-0.3, -0.25) is 9.59 Å². The number of benzene rings is 2. The van der Waals surface area contributed by atoms with Gasteiger partial charge in [0.1, 0.15) is 22.4 Å². The molecular formula is C31H27ClN4O5. The zero-order valence-corrected chi connectivity index (χ0v) is 23.0. The zero-order valence-electron chi connectivity index (χ0n) is 22.2. The molecule has 1 aliphatic carbocycles. The van der Waals surface area contributed by atoms with Gasteiger partial charge in [0, 0.05) is 29.2 Å². The van der Waals surface area contributed by atoms with Crippen molar-refractivity contribution in [2.24, 2.45) is 0 Å². The van der Waals surface area contributed by atoms with Gasteiger partial charge in [-0.05, 0) is 56.9 Å². The van der Waals surface area contributed by atoms with Gasteiger partial charge in [-0.15, -0.1) is 0 Å². The summed E-state index contributed by atoms with van der Waals surface area (Å²) in [6.45, 7) is 1.71. The third-order valence-electron chi connectivity index (χ3n) is 7.58. The lowest BCUT2D eigenvalue weighted by Gasteiger charge is -2.32. The Bertz CT molecular complexity index is 1800. The van der Waals surface area contributed by atoms with E-state index in [2.05, 4.69) is 15.5 Å². The summed E-state index contributed by atoms with van der Waals surface area (Å²) in [6.07, 6.45) is 3.10. The van der Waals surface area contributed by atoms with Gasteiger partial charge in [0.2, 0.25) is 6.10 Å². The molecule has 0 aliphatic heterocycles. The molecule has 208 valence electrons. The summed E-state index contributed by atoms with van der Waals surface area (Å²) >= 11 is 6.58. The van der Waals surface area contributed by atoms with E-state index in [1.807, 2.05) is 18.2 Å². The Hall–Kier alpha value is -4.50. The highest BCUT2D eigenvalue weighted by Crippen LogP contribution is 2.35. The standard InChI is InChI=1S/C31H27ClN4O5/c1-18-25-27(35-41-18)26-22(32)13-8-15-24(26)36(30(25)38)21-12-7-11-20(17-21)34-29(37)28(19-9-3-2-4-10-19)40-31(39)23-14-5-6-16-33-23/h2-6,8-10,13-16,20-21,28H,7,11-12,17H2,1H3,(H,34,37)/t20-,21-,28-/m0/s1. The Labute approximate surface area is 240 Å². The minimum atomic E-state index is -1.16. The van der Waals surface area contributed by atoms with Crippen LogP contribution in [0.2, 0.25) is 5.02 Å². The quantitative estimate of drug-likeness (QED) is 0.260. The lowest BCUT2D eigenvalue weighted by molar-refractivity contribution is -0.131. The van der Waals surface area contributed by atoms with Crippen LogP contribution in [0.5, 0.6) is 0 Å². The molecule has 0 radical (unpaired) electrons. The largest absolute Gasteiger partial charge is 0.443 e. The molecule has 10 heteroatoms. The number of ether oxygens (including phenoxy) is 1. The summed E-state index contributed by atoms with van der Waals surface area (Å²) in [5, 5.41) is 8.77. The molecule has 0 saturated heterocycles. The predicted octanol–water partition coefficient (Wildman–Crippen LogP) is 5.70. The second kappa shape index (κ2) is 11.2. The number of hydrogen-bond donors (Lipinski definition) is 1. The molecule has 1 aliphatic rings. The molecule has 41 heavy (non-hydrogen) atoms. The first-order valence-corrected chi connectivity index (χ1v) is 13.9. The maximum absolute atomic E-state index is 13.8. The smallest absolute Gasteiger partial charge is 0.358 e. The number of amides is 1. The molecule has 3 aromatic heterocycles. The maximum Gasteiger partial charge on any atom is 0.358 e.